The maximum atomic E-state index is 12.9. The van der Waals surface area contributed by atoms with Gasteiger partial charge in [0.05, 0.1) is 24.7 Å². The maximum Gasteiger partial charge on any atom is 0.284 e. The Bertz CT molecular complexity index is 1020. The van der Waals surface area contributed by atoms with Gasteiger partial charge in [-0.15, -0.1) is 0 Å². The molecule has 1 amide bonds. The lowest BCUT2D eigenvalue weighted by Crippen LogP contribution is -2.39. The van der Waals surface area contributed by atoms with Gasteiger partial charge >= 0.3 is 0 Å². The summed E-state index contributed by atoms with van der Waals surface area (Å²) in [4.78, 5) is 25.4. The van der Waals surface area contributed by atoms with Gasteiger partial charge in [0.2, 0.25) is 0 Å². The summed E-state index contributed by atoms with van der Waals surface area (Å²) in [6.45, 7) is 3.40. The average molecular weight is 367 g/mol. The fourth-order valence-corrected chi connectivity index (χ4v) is 2.56. The number of hydrogen-bond donors (Lipinski definition) is 2. The second kappa shape index (κ2) is 7.55. The number of carbonyl (C=O) groups is 1. The monoisotopic (exact) mass is 367 g/mol. The summed E-state index contributed by atoms with van der Waals surface area (Å²) in [6, 6.07) is 8.63. The summed E-state index contributed by atoms with van der Waals surface area (Å²) < 4.78 is 2.72. The van der Waals surface area contributed by atoms with Crippen molar-refractivity contribution in [2.24, 2.45) is 7.05 Å². The molecule has 2 aromatic heterocycles. The first-order chi connectivity index (χ1) is 12.9. The minimum atomic E-state index is -0.560. The molecule has 8 heteroatoms. The van der Waals surface area contributed by atoms with Crippen LogP contribution in [0, 0.1) is 6.92 Å². The Morgan fingerprint density at radius 1 is 1.30 bits per heavy atom. The molecule has 0 aliphatic heterocycles. The molecular formula is C19H21N5O3. The van der Waals surface area contributed by atoms with Gasteiger partial charge in [-0.2, -0.15) is 14.9 Å². The molecule has 1 atom stereocenters. The number of aromatic nitrogens is 4. The molecule has 8 nitrogen and oxygen atoms in total. The molecule has 2 heterocycles. The van der Waals surface area contributed by atoms with Crippen LogP contribution in [0.2, 0.25) is 0 Å². The molecule has 0 spiro atoms. The van der Waals surface area contributed by atoms with Crippen molar-refractivity contribution >= 4 is 5.91 Å². The van der Waals surface area contributed by atoms with E-state index in [2.05, 4.69) is 15.5 Å². The van der Waals surface area contributed by atoms with Gasteiger partial charge in [-0.3, -0.25) is 14.3 Å². The predicted octanol–water partition coefficient (Wildman–Crippen LogP) is 1.05. The molecule has 0 saturated heterocycles. The fourth-order valence-electron chi connectivity index (χ4n) is 2.56. The summed E-state index contributed by atoms with van der Waals surface area (Å²) in [5, 5.41) is 20.3. The van der Waals surface area contributed by atoms with Crippen molar-refractivity contribution in [2.45, 2.75) is 19.9 Å². The molecule has 0 bridgehead atoms. The van der Waals surface area contributed by atoms with E-state index >= 15 is 0 Å². The Morgan fingerprint density at radius 3 is 2.59 bits per heavy atom. The lowest BCUT2D eigenvalue weighted by molar-refractivity contribution is 0.0920. The molecular weight excluding hydrogens is 346 g/mol. The Kier molecular flexibility index (Phi) is 5.18. The van der Waals surface area contributed by atoms with Gasteiger partial charge in [0.1, 0.15) is 11.3 Å². The lowest BCUT2D eigenvalue weighted by Gasteiger charge is -2.13. The first kappa shape index (κ1) is 18.5. The largest absolute Gasteiger partial charge is 0.394 e. The zero-order valence-electron chi connectivity index (χ0n) is 15.4. The van der Waals surface area contributed by atoms with E-state index in [1.807, 2.05) is 31.2 Å². The topological polar surface area (TPSA) is 102 Å². The van der Waals surface area contributed by atoms with Gasteiger partial charge < -0.3 is 10.4 Å². The van der Waals surface area contributed by atoms with Crippen LogP contribution >= 0.6 is 0 Å². The van der Waals surface area contributed by atoms with E-state index in [0.29, 0.717) is 11.4 Å². The van der Waals surface area contributed by atoms with Crippen molar-refractivity contribution < 1.29 is 9.90 Å². The molecule has 0 saturated carbocycles. The highest BCUT2D eigenvalue weighted by Crippen LogP contribution is 2.18. The van der Waals surface area contributed by atoms with Crippen molar-refractivity contribution in [2.75, 3.05) is 6.61 Å². The number of rotatable bonds is 5. The third-order valence-corrected chi connectivity index (χ3v) is 4.09. The molecule has 3 aromatic rings. The zero-order chi connectivity index (χ0) is 19.6. The van der Waals surface area contributed by atoms with E-state index in [1.165, 1.54) is 16.9 Å². The van der Waals surface area contributed by atoms with Gasteiger partial charge in [0, 0.05) is 18.7 Å². The van der Waals surface area contributed by atoms with Crippen molar-refractivity contribution in [1.82, 2.24) is 24.9 Å². The van der Waals surface area contributed by atoms with Gasteiger partial charge in [-0.1, -0.05) is 29.8 Å². The number of aliphatic hydroxyl groups is 1. The predicted molar refractivity (Wildman–Crippen MR) is 101 cm³/mol. The number of aryl methyl sites for hydroxylation is 2. The van der Waals surface area contributed by atoms with Gasteiger partial charge in [-0.05, 0) is 19.9 Å². The van der Waals surface area contributed by atoms with Crippen LogP contribution in [0.1, 0.15) is 22.8 Å². The van der Waals surface area contributed by atoms with E-state index in [0.717, 1.165) is 11.1 Å². The fraction of sp³-hybridized carbons (Fsp3) is 0.263. The van der Waals surface area contributed by atoms with E-state index in [9.17, 15) is 14.7 Å². The Hall–Kier alpha value is -3.26. The lowest BCUT2D eigenvalue weighted by atomic mass is 10.1. The van der Waals surface area contributed by atoms with Crippen LogP contribution in [-0.4, -0.2) is 43.2 Å². The highest BCUT2D eigenvalue weighted by molar-refractivity contribution is 5.95. The highest BCUT2D eigenvalue weighted by atomic mass is 16.3. The Morgan fingerprint density at radius 2 is 2.00 bits per heavy atom. The molecule has 0 aliphatic carbocycles. The highest BCUT2D eigenvalue weighted by Gasteiger charge is 2.19. The first-order valence-corrected chi connectivity index (χ1v) is 8.51. The third kappa shape index (κ3) is 3.95. The number of nitrogens with zero attached hydrogens (tertiary/aromatic N) is 4. The van der Waals surface area contributed by atoms with Crippen molar-refractivity contribution in [3.05, 3.63) is 64.2 Å². The molecule has 0 radical (unpaired) electrons. The van der Waals surface area contributed by atoms with E-state index in [1.54, 1.807) is 24.9 Å². The number of nitrogens with one attached hydrogen (secondary N) is 1. The minimum Gasteiger partial charge on any atom is -0.394 e. The third-order valence-electron chi connectivity index (χ3n) is 4.09. The summed E-state index contributed by atoms with van der Waals surface area (Å²) in [6.07, 6.45) is 3.15. The van der Waals surface area contributed by atoms with Crippen LogP contribution in [0.4, 0.5) is 0 Å². The first-order valence-electron chi connectivity index (χ1n) is 8.51. The Balaban J connectivity index is 2.17. The number of benzene rings is 1. The van der Waals surface area contributed by atoms with Crippen molar-refractivity contribution in [1.29, 1.82) is 0 Å². The minimum absolute atomic E-state index is 0.0512. The smallest absolute Gasteiger partial charge is 0.284 e. The normalized spacial score (nSPS) is 12.0. The number of amides is 1. The molecule has 140 valence electrons. The summed E-state index contributed by atoms with van der Waals surface area (Å²) in [7, 11) is 1.73. The van der Waals surface area contributed by atoms with Crippen molar-refractivity contribution in [3.63, 3.8) is 0 Å². The molecule has 3 rings (SSSR count). The summed E-state index contributed by atoms with van der Waals surface area (Å²) >= 11 is 0. The molecule has 0 unspecified atom stereocenters. The summed E-state index contributed by atoms with van der Waals surface area (Å²) in [5.41, 5.74) is 2.21. The van der Waals surface area contributed by atoms with E-state index in [-0.39, 0.29) is 12.2 Å². The quantitative estimate of drug-likeness (QED) is 0.702. The average Bonchev–Trinajstić information content (AvgIpc) is 3.08. The van der Waals surface area contributed by atoms with Gasteiger partial charge in [-0.25, -0.2) is 0 Å². The van der Waals surface area contributed by atoms with E-state index in [4.69, 9.17) is 0 Å². The van der Waals surface area contributed by atoms with Gasteiger partial charge in [0.25, 0.3) is 11.5 Å². The SMILES string of the molecule is Cc1ccc(-c2cc(C(=O)N[C@@H](C)CO)c(=O)n(-c3cnn(C)c3)n2)cc1. The summed E-state index contributed by atoms with van der Waals surface area (Å²) in [5.74, 6) is -0.560. The van der Waals surface area contributed by atoms with Crippen molar-refractivity contribution in [3.8, 4) is 16.9 Å². The molecule has 2 N–H and O–H groups in total. The van der Waals surface area contributed by atoms with Gasteiger partial charge in [0.15, 0.2) is 0 Å². The van der Waals surface area contributed by atoms with Crippen LogP contribution in [0.3, 0.4) is 0 Å². The van der Waals surface area contributed by atoms with Crippen LogP contribution in [0.15, 0.2) is 47.5 Å². The number of hydrogen-bond acceptors (Lipinski definition) is 5. The molecule has 0 aliphatic rings. The number of carbonyl (C=O) groups excluding carboxylic acids is 1. The van der Waals surface area contributed by atoms with Crippen LogP contribution < -0.4 is 10.9 Å². The molecule has 27 heavy (non-hydrogen) atoms. The van der Waals surface area contributed by atoms with Crippen LogP contribution in [-0.2, 0) is 7.05 Å². The zero-order valence-corrected chi connectivity index (χ0v) is 15.4. The second-order valence-corrected chi connectivity index (χ2v) is 6.46. The maximum absolute atomic E-state index is 12.9. The Labute approximate surface area is 156 Å². The standard InChI is InChI=1S/C19H21N5O3/c1-12-4-6-14(7-5-12)17-8-16(18(26)21-13(2)11-25)19(27)24(22-17)15-9-20-23(3)10-15/h4-10,13,25H,11H2,1-3H3,(H,21,26)/t13-/m0/s1. The van der Waals surface area contributed by atoms with Crippen LogP contribution in [0.5, 0.6) is 0 Å². The molecule has 0 fully saturated rings. The second-order valence-electron chi connectivity index (χ2n) is 6.46. The van der Waals surface area contributed by atoms with E-state index < -0.39 is 17.5 Å². The van der Waals surface area contributed by atoms with Crippen LogP contribution in [0.25, 0.3) is 16.9 Å². The number of aliphatic hydroxyl groups excluding tert-OH is 1. The molecule has 1 aromatic carbocycles.